The minimum Gasteiger partial charge on any atom is -0.381 e. The molecule has 2 heterocycles. The zero-order valence-corrected chi connectivity index (χ0v) is 11.5. The summed E-state index contributed by atoms with van der Waals surface area (Å²) < 4.78 is 1.30. The largest absolute Gasteiger partial charge is 0.381 e. The van der Waals surface area contributed by atoms with Gasteiger partial charge in [0.25, 0.3) is 0 Å². The molecule has 2 nitrogen and oxygen atoms in total. The number of anilines is 1. The quantitative estimate of drug-likeness (QED) is 0.840. The first-order chi connectivity index (χ1) is 7.83. The first-order valence-corrected chi connectivity index (χ1v) is 7.17. The molecule has 1 aromatic rings. The van der Waals surface area contributed by atoms with E-state index in [4.69, 9.17) is 0 Å². The van der Waals surface area contributed by atoms with Crippen LogP contribution in [0.4, 0.5) is 5.69 Å². The van der Waals surface area contributed by atoms with E-state index in [0.29, 0.717) is 6.04 Å². The van der Waals surface area contributed by atoms with Gasteiger partial charge in [0.15, 0.2) is 0 Å². The maximum Gasteiger partial charge on any atom is 0.0429 e. The molecule has 0 saturated carbocycles. The SMILES string of the molecule is Ic1ccc(NC2CCN3CCCC23)cc1. The first-order valence-electron chi connectivity index (χ1n) is 6.09. The van der Waals surface area contributed by atoms with Gasteiger partial charge in [-0.25, -0.2) is 0 Å². The van der Waals surface area contributed by atoms with E-state index in [-0.39, 0.29) is 0 Å². The Balaban J connectivity index is 1.68. The van der Waals surface area contributed by atoms with Crippen LogP contribution in [0.1, 0.15) is 19.3 Å². The molecule has 1 N–H and O–H groups in total. The Morgan fingerprint density at radius 1 is 1.12 bits per heavy atom. The van der Waals surface area contributed by atoms with Crippen molar-refractivity contribution in [1.29, 1.82) is 0 Å². The molecule has 86 valence electrons. The van der Waals surface area contributed by atoms with E-state index >= 15 is 0 Å². The van der Waals surface area contributed by atoms with Crippen LogP contribution < -0.4 is 5.32 Å². The lowest BCUT2D eigenvalue weighted by Crippen LogP contribution is -2.33. The number of fused-ring (bicyclic) bond motifs is 1. The van der Waals surface area contributed by atoms with E-state index in [9.17, 15) is 0 Å². The van der Waals surface area contributed by atoms with Gasteiger partial charge < -0.3 is 5.32 Å². The van der Waals surface area contributed by atoms with Gasteiger partial charge in [0.2, 0.25) is 0 Å². The molecule has 0 aromatic heterocycles. The van der Waals surface area contributed by atoms with E-state index in [1.807, 2.05) is 0 Å². The molecule has 16 heavy (non-hydrogen) atoms. The molecule has 0 spiro atoms. The molecule has 0 bridgehead atoms. The molecule has 2 saturated heterocycles. The summed E-state index contributed by atoms with van der Waals surface area (Å²) in [6.45, 7) is 2.60. The average molecular weight is 328 g/mol. The monoisotopic (exact) mass is 328 g/mol. The van der Waals surface area contributed by atoms with Crippen LogP contribution in [0.5, 0.6) is 0 Å². The van der Waals surface area contributed by atoms with Gasteiger partial charge >= 0.3 is 0 Å². The summed E-state index contributed by atoms with van der Waals surface area (Å²) in [4.78, 5) is 2.64. The summed E-state index contributed by atoms with van der Waals surface area (Å²) in [5.41, 5.74) is 1.28. The summed E-state index contributed by atoms with van der Waals surface area (Å²) in [5, 5.41) is 3.69. The Bertz CT molecular complexity index is 363. The smallest absolute Gasteiger partial charge is 0.0429 e. The van der Waals surface area contributed by atoms with E-state index < -0.39 is 0 Å². The van der Waals surface area contributed by atoms with Crippen molar-refractivity contribution in [3.8, 4) is 0 Å². The molecule has 1 aromatic carbocycles. The predicted molar refractivity (Wildman–Crippen MR) is 75.8 cm³/mol. The number of benzene rings is 1. The highest BCUT2D eigenvalue weighted by Crippen LogP contribution is 2.30. The van der Waals surface area contributed by atoms with Gasteiger partial charge in [-0.05, 0) is 72.7 Å². The lowest BCUT2D eigenvalue weighted by molar-refractivity contribution is 0.318. The lowest BCUT2D eigenvalue weighted by atomic mass is 10.1. The molecule has 2 aliphatic rings. The standard InChI is InChI=1S/C13H17IN2/c14-10-3-5-11(6-4-10)15-12-7-9-16-8-1-2-13(12)16/h3-6,12-13,15H,1-2,7-9H2. The number of hydrogen-bond acceptors (Lipinski definition) is 2. The molecule has 3 rings (SSSR count). The predicted octanol–water partition coefficient (Wildman–Crippen LogP) is 2.94. The number of nitrogens with zero attached hydrogens (tertiary/aromatic N) is 1. The van der Waals surface area contributed by atoms with Crippen molar-refractivity contribution in [1.82, 2.24) is 4.90 Å². The topological polar surface area (TPSA) is 15.3 Å². The highest BCUT2D eigenvalue weighted by atomic mass is 127. The van der Waals surface area contributed by atoms with Gasteiger partial charge in [0.05, 0.1) is 0 Å². The van der Waals surface area contributed by atoms with Gasteiger partial charge in [-0.3, -0.25) is 4.90 Å². The van der Waals surface area contributed by atoms with Gasteiger partial charge in [0, 0.05) is 27.9 Å². The van der Waals surface area contributed by atoms with Crippen LogP contribution >= 0.6 is 22.6 Å². The molecule has 2 fully saturated rings. The van der Waals surface area contributed by atoms with Crippen molar-refractivity contribution < 1.29 is 0 Å². The number of rotatable bonds is 2. The number of halogens is 1. The summed E-state index contributed by atoms with van der Waals surface area (Å²) in [6, 6.07) is 10.2. The van der Waals surface area contributed by atoms with E-state index in [1.54, 1.807) is 0 Å². The van der Waals surface area contributed by atoms with Crippen molar-refractivity contribution in [2.75, 3.05) is 18.4 Å². The molecule has 0 aliphatic carbocycles. The van der Waals surface area contributed by atoms with Crippen molar-refractivity contribution in [3.05, 3.63) is 27.8 Å². The van der Waals surface area contributed by atoms with Gasteiger partial charge in [0.1, 0.15) is 0 Å². The van der Waals surface area contributed by atoms with Crippen molar-refractivity contribution in [3.63, 3.8) is 0 Å². The Labute approximate surface area is 111 Å². The van der Waals surface area contributed by atoms with Gasteiger partial charge in [-0.2, -0.15) is 0 Å². The second kappa shape index (κ2) is 4.53. The van der Waals surface area contributed by atoms with E-state index in [0.717, 1.165) is 6.04 Å². The molecule has 2 unspecified atom stereocenters. The fraction of sp³-hybridized carbons (Fsp3) is 0.538. The molecular weight excluding hydrogens is 311 g/mol. The second-order valence-corrected chi connectivity index (χ2v) is 6.04. The Kier molecular flexibility index (Phi) is 3.07. The molecular formula is C13H17IN2. The highest BCUT2D eigenvalue weighted by Gasteiger charge is 2.36. The van der Waals surface area contributed by atoms with Crippen molar-refractivity contribution >= 4 is 28.3 Å². The Morgan fingerprint density at radius 3 is 2.75 bits per heavy atom. The lowest BCUT2D eigenvalue weighted by Gasteiger charge is -2.22. The zero-order valence-electron chi connectivity index (χ0n) is 9.32. The van der Waals surface area contributed by atoms with Gasteiger partial charge in [-0.15, -0.1) is 0 Å². The van der Waals surface area contributed by atoms with Crippen LogP contribution in [0.3, 0.4) is 0 Å². The van der Waals surface area contributed by atoms with E-state index in [2.05, 4.69) is 57.1 Å². The van der Waals surface area contributed by atoms with Crippen LogP contribution in [-0.4, -0.2) is 30.1 Å². The normalized spacial score (nSPS) is 29.3. The van der Waals surface area contributed by atoms with Crippen LogP contribution in [0.25, 0.3) is 0 Å². The number of nitrogens with one attached hydrogen (secondary N) is 1. The second-order valence-electron chi connectivity index (χ2n) is 4.79. The van der Waals surface area contributed by atoms with Crippen molar-refractivity contribution in [2.45, 2.75) is 31.3 Å². The van der Waals surface area contributed by atoms with Crippen molar-refractivity contribution in [2.24, 2.45) is 0 Å². The third-order valence-electron chi connectivity index (χ3n) is 3.80. The summed E-state index contributed by atoms with van der Waals surface area (Å²) in [7, 11) is 0. The maximum absolute atomic E-state index is 3.69. The molecule has 0 amide bonds. The highest BCUT2D eigenvalue weighted by molar-refractivity contribution is 14.1. The maximum atomic E-state index is 3.69. The van der Waals surface area contributed by atoms with Crippen LogP contribution in [0.15, 0.2) is 24.3 Å². The minimum atomic E-state index is 0.669. The summed E-state index contributed by atoms with van der Waals surface area (Å²) in [6.07, 6.45) is 4.06. The first kappa shape index (κ1) is 10.8. The fourth-order valence-corrected chi connectivity index (χ4v) is 3.37. The molecule has 2 aliphatic heterocycles. The Morgan fingerprint density at radius 2 is 1.94 bits per heavy atom. The third kappa shape index (κ3) is 2.07. The summed E-state index contributed by atoms with van der Waals surface area (Å²) >= 11 is 2.35. The molecule has 0 radical (unpaired) electrons. The van der Waals surface area contributed by atoms with Crippen LogP contribution in [-0.2, 0) is 0 Å². The number of hydrogen-bond donors (Lipinski definition) is 1. The zero-order chi connectivity index (χ0) is 11.0. The van der Waals surface area contributed by atoms with Crippen LogP contribution in [0, 0.1) is 3.57 Å². The fourth-order valence-electron chi connectivity index (χ4n) is 3.01. The minimum absolute atomic E-state index is 0.669. The average Bonchev–Trinajstić information content (AvgIpc) is 2.86. The molecule has 2 atom stereocenters. The van der Waals surface area contributed by atoms with E-state index in [1.165, 1.54) is 41.6 Å². The molecule has 3 heteroatoms. The van der Waals surface area contributed by atoms with Gasteiger partial charge in [-0.1, -0.05) is 0 Å². The Hall–Kier alpha value is -0.290. The summed E-state index contributed by atoms with van der Waals surface area (Å²) in [5.74, 6) is 0. The third-order valence-corrected chi connectivity index (χ3v) is 4.52. The van der Waals surface area contributed by atoms with Crippen LogP contribution in [0.2, 0.25) is 0 Å².